The Balaban J connectivity index is 2.62. The molecule has 0 aliphatic carbocycles. The molecule has 0 fully saturated rings. The predicted molar refractivity (Wildman–Crippen MR) is 49.6 cm³/mol. The molecule has 0 radical (unpaired) electrons. The van der Waals surface area contributed by atoms with Gasteiger partial charge in [-0.05, 0) is 23.4 Å². The third kappa shape index (κ3) is 2.83. The molecule has 0 atom stereocenters. The van der Waals surface area contributed by atoms with E-state index in [1.807, 2.05) is 5.21 Å². The van der Waals surface area contributed by atoms with Crippen molar-refractivity contribution in [2.45, 2.75) is 12.4 Å². The summed E-state index contributed by atoms with van der Waals surface area (Å²) in [7, 11) is 0. The summed E-state index contributed by atoms with van der Waals surface area (Å²) in [5.41, 5.74) is -3.28. The molecule has 0 aliphatic rings. The van der Waals surface area contributed by atoms with Crippen LogP contribution in [0.3, 0.4) is 0 Å². The lowest BCUT2D eigenvalue weighted by atomic mass is 10.0. The molecule has 0 saturated carbocycles. The molecule has 1 aromatic carbocycles. The quantitative estimate of drug-likeness (QED) is 0.818. The van der Waals surface area contributed by atoms with Crippen LogP contribution in [0.4, 0.5) is 26.3 Å². The van der Waals surface area contributed by atoms with Gasteiger partial charge in [0.15, 0.2) is 0 Å². The van der Waals surface area contributed by atoms with Crippen molar-refractivity contribution in [1.29, 1.82) is 0 Å². The van der Waals surface area contributed by atoms with Gasteiger partial charge >= 0.3 is 12.4 Å². The predicted octanol–water partition coefficient (Wildman–Crippen LogP) is 2.90. The minimum atomic E-state index is -4.90. The van der Waals surface area contributed by atoms with Gasteiger partial charge in [0, 0.05) is 5.56 Å². The molecular formula is C9H4F6N4. The summed E-state index contributed by atoms with van der Waals surface area (Å²) in [6.07, 6.45) is -9.81. The van der Waals surface area contributed by atoms with Gasteiger partial charge in [0.2, 0.25) is 5.82 Å². The number of halogens is 6. The van der Waals surface area contributed by atoms with Gasteiger partial charge < -0.3 is 0 Å². The van der Waals surface area contributed by atoms with Crippen molar-refractivity contribution in [3.63, 3.8) is 0 Å². The molecule has 1 N–H and O–H groups in total. The SMILES string of the molecule is FC(F)(F)c1cc(-c2nn[nH]n2)cc(C(F)(F)F)c1. The van der Waals surface area contributed by atoms with Crippen LogP contribution in [-0.2, 0) is 12.4 Å². The second-order valence-corrected chi connectivity index (χ2v) is 3.53. The summed E-state index contributed by atoms with van der Waals surface area (Å²) in [6.45, 7) is 0. The summed E-state index contributed by atoms with van der Waals surface area (Å²) in [5, 5.41) is 11.7. The number of H-pyrrole nitrogens is 1. The molecule has 0 aliphatic heterocycles. The van der Waals surface area contributed by atoms with Crippen molar-refractivity contribution in [1.82, 2.24) is 20.6 Å². The number of aromatic amines is 1. The molecule has 102 valence electrons. The van der Waals surface area contributed by atoms with E-state index in [2.05, 4.69) is 15.4 Å². The molecule has 10 heteroatoms. The Morgan fingerprint density at radius 2 is 1.37 bits per heavy atom. The maximum atomic E-state index is 12.5. The molecule has 2 rings (SSSR count). The fourth-order valence-electron chi connectivity index (χ4n) is 1.37. The van der Waals surface area contributed by atoms with Gasteiger partial charge in [0.05, 0.1) is 11.1 Å². The van der Waals surface area contributed by atoms with Gasteiger partial charge in [-0.3, -0.25) is 0 Å². The van der Waals surface area contributed by atoms with Gasteiger partial charge in [0.25, 0.3) is 0 Å². The van der Waals surface area contributed by atoms with Crippen LogP contribution in [0, 0.1) is 0 Å². The number of nitrogens with zero attached hydrogens (tertiary/aromatic N) is 3. The van der Waals surface area contributed by atoms with E-state index in [4.69, 9.17) is 0 Å². The molecular weight excluding hydrogens is 278 g/mol. The van der Waals surface area contributed by atoms with Crippen LogP contribution in [0.2, 0.25) is 0 Å². The van der Waals surface area contributed by atoms with Gasteiger partial charge in [-0.25, -0.2) is 0 Å². The van der Waals surface area contributed by atoms with Crippen molar-refractivity contribution in [2.24, 2.45) is 0 Å². The Hall–Kier alpha value is -2.13. The van der Waals surface area contributed by atoms with E-state index in [0.717, 1.165) is 0 Å². The topological polar surface area (TPSA) is 54.5 Å². The van der Waals surface area contributed by atoms with Crippen molar-refractivity contribution >= 4 is 0 Å². The summed E-state index contributed by atoms with van der Waals surface area (Å²) < 4.78 is 75.3. The first-order valence-electron chi connectivity index (χ1n) is 4.71. The number of aromatic nitrogens is 4. The molecule has 0 unspecified atom stereocenters. The monoisotopic (exact) mass is 282 g/mol. The lowest BCUT2D eigenvalue weighted by Gasteiger charge is -2.12. The normalized spacial score (nSPS) is 12.7. The summed E-state index contributed by atoms with van der Waals surface area (Å²) in [4.78, 5) is 0. The van der Waals surface area contributed by atoms with Gasteiger partial charge in [-0.15, -0.1) is 10.2 Å². The van der Waals surface area contributed by atoms with Gasteiger partial charge in [-0.2, -0.15) is 31.6 Å². The number of alkyl halides is 6. The van der Waals surface area contributed by atoms with Crippen LogP contribution in [0.15, 0.2) is 18.2 Å². The minimum Gasteiger partial charge on any atom is -0.177 e. The highest BCUT2D eigenvalue weighted by atomic mass is 19.4. The maximum absolute atomic E-state index is 12.5. The van der Waals surface area contributed by atoms with Crippen molar-refractivity contribution in [2.75, 3.05) is 0 Å². The summed E-state index contributed by atoms with van der Waals surface area (Å²) >= 11 is 0. The number of nitrogens with one attached hydrogen (secondary N) is 1. The van der Waals surface area contributed by atoms with Crippen LogP contribution < -0.4 is 0 Å². The standard InChI is InChI=1S/C9H4F6N4/c10-8(11,12)5-1-4(7-16-18-19-17-7)2-6(3-5)9(13,14)15/h1-3H,(H,16,17,18,19). The Bertz CT molecular complexity index is 539. The van der Waals surface area contributed by atoms with Gasteiger partial charge in [-0.1, -0.05) is 0 Å². The molecule has 0 saturated heterocycles. The first-order chi connectivity index (χ1) is 8.68. The number of hydrogen-bond acceptors (Lipinski definition) is 3. The Labute approximate surface area is 101 Å². The number of hydrogen-bond donors (Lipinski definition) is 1. The number of rotatable bonds is 1. The Morgan fingerprint density at radius 1 is 0.842 bits per heavy atom. The zero-order valence-corrected chi connectivity index (χ0v) is 8.84. The number of benzene rings is 1. The molecule has 0 amide bonds. The minimum absolute atomic E-state index is 0.0313. The summed E-state index contributed by atoms with van der Waals surface area (Å²) in [5.74, 6) is -0.350. The Morgan fingerprint density at radius 3 is 1.74 bits per heavy atom. The maximum Gasteiger partial charge on any atom is 0.416 e. The lowest BCUT2D eigenvalue weighted by Crippen LogP contribution is -2.11. The van der Waals surface area contributed by atoms with E-state index >= 15 is 0 Å². The highest BCUT2D eigenvalue weighted by molar-refractivity contribution is 5.57. The van der Waals surface area contributed by atoms with Crippen LogP contribution in [0.25, 0.3) is 11.4 Å². The third-order valence-corrected chi connectivity index (χ3v) is 2.19. The molecule has 19 heavy (non-hydrogen) atoms. The smallest absolute Gasteiger partial charge is 0.177 e. The molecule has 1 aromatic heterocycles. The fourth-order valence-corrected chi connectivity index (χ4v) is 1.37. The van der Waals surface area contributed by atoms with Crippen molar-refractivity contribution in [3.8, 4) is 11.4 Å². The second kappa shape index (κ2) is 4.21. The van der Waals surface area contributed by atoms with E-state index in [1.54, 1.807) is 0 Å². The third-order valence-electron chi connectivity index (χ3n) is 2.19. The van der Waals surface area contributed by atoms with Crippen molar-refractivity contribution in [3.05, 3.63) is 29.3 Å². The van der Waals surface area contributed by atoms with E-state index < -0.39 is 29.0 Å². The first kappa shape index (κ1) is 13.3. The summed E-state index contributed by atoms with van der Waals surface area (Å²) in [6, 6.07) is 1.09. The largest absolute Gasteiger partial charge is 0.416 e. The van der Waals surface area contributed by atoms with Crippen LogP contribution in [0.5, 0.6) is 0 Å². The van der Waals surface area contributed by atoms with E-state index in [0.29, 0.717) is 12.1 Å². The van der Waals surface area contributed by atoms with E-state index in [-0.39, 0.29) is 11.9 Å². The fraction of sp³-hybridized carbons (Fsp3) is 0.222. The average molecular weight is 282 g/mol. The zero-order chi connectivity index (χ0) is 14.3. The lowest BCUT2D eigenvalue weighted by molar-refractivity contribution is -0.143. The highest BCUT2D eigenvalue weighted by Gasteiger charge is 2.37. The Kier molecular flexibility index (Phi) is 2.95. The highest BCUT2D eigenvalue weighted by Crippen LogP contribution is 2.37. The van der Waals surface area contributed by atoms with E-state index in [9.17, 15) is 26.3 Å². The molecule has 2 aromatic rings. The number of tetrazole rings is 1. The zero-order valence-electron chi connectivity index (χ0n) is 8.84. The van der Waals surface area contributed by atoms with Crippen LogP contribution in [0.1, 0.15) is 11.1 Å². The van der Waals surface area contributed by atoms with Crippen molar-refractivity contribution < 1.29 is 26.3 Å². The average Bonchev–Trinajstić information content (AvgIpc) is 2.79. The molecule has 0 bridgehead atoms. The van der Waals surface area contributed by atoms with Gasteiger partial charge in [0.1, 0.15) is 0 Å². The first-order valence-corrected chi connectivity index (χ1v) is 4.71. The van der Waals surface area contributed by atoms with Crippen LogP contribution in [-0.4, -0.2) is 20.6 Å². The molecule has 1 heterocycles. The van der Waals surface area contributed by atoms with E-state index in [1.165, 1.54) is 0 Å². The molecule has 4 nitrogen and oxygen atoms in total. The van der Waals surface area contributed by atoms with Crippen LogP contribution >= 0.6 is 0 Å². The second-order valence-electron chi connectivity index (χ2n) is 3.53. The molecule has 0 spiro atoms.